The highest BCUT2D eigenvalue weighted by molar-refractivity contribution is 5.27. The van der Waals surface area contributed by atoms with Crippen LogP contribution in [0.25, 0.3) is 0 Å². The number of hydrogen-bond acceptors (Lipinski definition) is 1. The highest BCUT2D eigenvalue weighted by Crippen LogP contribution is 2.47. The molecule has 0 heterocycles. The second-order valence-corrected chi connectivity index (χ2v) is 3.31. The van der Waals surface area contributed by atoms with Crippen molar-refractivity contribution in [2.75, 3.05) is 6.61 Å². The van der Waals surface area contributed by atoms with Crippen molar-refractivity contribution in [3.63, 3.8) is 0 Å². The van der Waals surface area contributed by atoms with Crippen LogP contribution in [0.2, 0.25) is 0 Å². The highest BCUT2D eigenvalue weighted by atomic mass is 19.1. The van der Waals surface area contributed by atoms with Crippen molar-refractivity contribution in [3.05, 3.63) is 35.6 Å². The summed E-state index contributed by atoms with van der Waals surface area (Å²) in [7, 11) is 0. The van der Waals surface area contributed by atoms with E-state index in [1.54, 1.807) is 12.1 Å². The van der Waals surface area contributed by atoms with Gasteiger partial charge in [-0.05, 0) is 29.9 Å². The molecule has 64 valence electrons. The largest absolute Gasteiger partial charge is 0.396 e. The van der Waals surface area contributed by atoms with Gasteiger partial charge in [0.1, 0.15) is 5.82 Å². The molecular formula is C10H11FO. The Balaban J connectivity index is 2.19. The Morgan fingerprint density at radius 3 is 2.75 bits per heavy atom. The summed E-state index contributed by atoms with van der Waals surface area (Å²) in [6.07, 6.45) is 0.928. The lowest BCUT2D eigenvalue weighted by molar-refractivity contribution is 0.273. The predicted molar refractivity (Wildman–Crippen MR) is 44.3 cm³/mol. The van der Waals surface area contributed by atoms with E-state index in [2.05, 4.69) is 0 Å². The molecule has 2 atom stereocenters. The van der Waals surface area contributed by atoms with E-state index in [9.17, 15) is 4.39 Å². The molecule has 1 aliphatic carbocycles. The zero-order chi connectivity index (χ0) is 8.55. The quantitative estimate of drug-likeness (QED) is 0.711. The fourth-order valence-electron chi connectivity index (χ4n) is 1.61. The van der Waals surface area contributed by atoms with Crippen molar-refractivity contribution in [2.24, 2.45) is 5.92 Å². The fourth-order valence-corrected chi connectivity index (χ4v) is 1.61. The minimum atomic E-state index is -0.140. The van der Waals surface area contributed by atoms with Gasteiger partial charge < -0.3 is 5.11 Å². The summed E-state index contributed by atoms with van der Waals surface area (Å²) in [6, 6.07) is 6.80. The van der Waals surface area contributed by atoms with Gasteiger partial charge in [-0.15, -0.1) is 0 Å². The molecule has 2 heteroatoms. The second-order valence-electron chi connectivity index (χ2n) is 3.31. The van der Waals surface area contributed by atoms with E-state index in [4.69, 9.17) is 5.11 Å². The summed E-state index contributed by atoms with van der Waals surface area (Å²) in [5.41, 5.74) is 0.761. The molecule has 0 radical (unpaired) electrons. The first-order valence-corrected chi connectivity index (χ1v) is 4.18. The van der Waals surface area contributed by atoms with Crippen LogP contribution >= 0.6 is 0 Å². The topological polar surface area (TPSA) is 20.2 Å². The average molecular weight is 166 g/mol. The molecule has 0 bridgehead atoms. The molecule has 0 aromatic heterocycles. The van der Waals surface area contributed by atoms with Crippen molar-refractivity contribution in [1.82, 2.24) is 0 Å². The summed E-state index contributed by atoms with van der Waals surface area (Å²) >= 11 is 0. The molecule has 12 heavy (non-hydrogen) atoms. The minimum absolute atomic E-state index is 0.140. The average Bonchev–Trinajstić information content (AvgIpc) is 2.84. The summed E-state index contributed by atoms with van der Waals surface area (Å²) < 4.78 is 13.1. The number of aliphatic hydroxyl groups is 1. The third kappa shape index (κ3) is 1.23. The summed E-state index contributed by atoms with van der Waals surface area (Å²) in [4.78, 5) is 0. The number of benzene rings is 1. The van der Waals surface area contributed by atoms with E-state index in [1.807, 2.05) is 6.07 Å². The lowest BCUT2D eigenvalue weighted by atomic mass is 10.1. The van der Waals surface area contributed by atoms with E-state index in [1.165, 1.54) is 6.07 Å². The second kappa shape index (κ2) is 2.87. The maximum absolute atomic E-state index is 13.1. The standard InChI is InChI=1S/C10H11FO/c11-10-4-2-1-3-8(10)9-5-7(9)6-12/h1-4,7,9,12H,5-6H2/t7-,9-/m1/s1. The van der Waals surface area contributed by atoms with Gasteiger partial charge >= 0.3 is 0 Å². The molecule has 1 aliphatic rings. The van der Waals surface area contributed by atoms with Gasteiger partial charge in [-0.25, -0.2) is 4.39 Å². The molecule has 0 aliphatic heterocycles. The molecule has 1 nitrogen and oxygen atoms in total. The Labute approximate surface area is 70.8 Å². The predicted octanol–water partition coefficient (Wildman–Crippen LogP) is 1.92. The number of rotatable bonds is 2. The first kappa shape index (κ1) is 7.74. The van der Waals surface area contributed by atoms with Crippen LogP contribution in [0.1, 0.15) is 17.9 Å². The smallest absolute Gasteiger partial charge is 0.126 e. The maximum atomic E-state index is 13.1. The van der Waals surface area contributed by atoms with E-state index >= 15 is 0 Å². The molecule has 0 amide bonds. The summed E-state index contributed by atoms with van der Waals surface area (Å²) in [5.74, 6) is 0.413. The molecule has 1 saturated carbocycles. The number of aliphatic hydroxyl groups excluding tert-OH is 1. The van der Waals surface area contributed by atoms with Crippen molar-refractivity contribution < 1.29 is 9.50 Å². The van der Waals surface area contributed by atoms with Crippen molar-refractivity contribution in [3.8, 4) is 0 Å². The first-order valence-electron chi connectivity index (χ1n) is 4.18. The Morgan fingerprint density at radius 2 is 2.17 bits per heavy atom. The molecule has 1 aromatic carbocycles. The van der Waals surface area contributed by atoms with Crippen LogP contribution in [0.4, 0.5) is 4.39 Å². The summed E-state index contributed by atoms with van der Waals surface area (Å²) in [6.45, 7) is 0.180. The fraction of sp³-hybridized carbons (Fsp3) is 0.400. The Hall–Kier alpha value is -0.890. The number of hydrogen-bond donors (Lipinski definition) is 1. The van der Waals surface area contributed by atoms with E-state index in [-0.39, 0.29) is 18.3 Å². The van der Waals surface area contributed by atoms with Crippen molar-refractivity contribution in [1.29, 1.82) is 0 Å². The first-order chi connectivity index (χ1) is 5.83. The third-order valence-electron chi connectivity index (χ3n) is 2.46. The van der Waals surface area contributed by atoms with Crippen LogP contribution in [0.3, 0.4) is 0 Å². The molecular weight excluding hydrogens is 155 g/mol. The molecule has 0 unspecified atom stereocenters. The minimum Gasteiger partial charge on any atom is -0.396 e. The molecule has 2 rings (SSSR count). The van der Waals surface area contributed by atoms with Gasteiger partial charge in [-0.2, -0.15) is 0 Å². The molecule has 0 spiro atoms. The monoisotopic (exact) mass is 166 g/mol. The van der Waals surface area contributed by atoms with Gasteiger partial charge in [0.25, 0.3) is 0 Å². The van der Waals surface area contributed by atoms with Gasteiger partial charge in [0.05, 0.1) is 0 Å². The zero-order valence-corrected chi connectivity index (χ0v) is 6.70. The molecule has 1 fully saturated rings. The third-order valence-corrected chi connectivity index (χ3v) is 2.46. The highest BCUT2D eigenvalue weighted by Gasteiger charge is 2.38. The SMILES string of the molecule is OC[C@H]1C[C@H]1c1ccccc1F. The van der Waals surface area contributed by atoms with Gasteiger partial charge in [-0.3, -0.25) is 0 Å². The lowest BCUT2D eigenvalue weighted by Gasteiger charge is -1.99. The Morgan fingerprint density at radius 1 is 1.42 bits per heavy atom. The van der Waals surface area contributed by atoms with Crippen LogP contribution in [0.15, 0.2) is 24.3 Å². The van der Waals surface area contributed by atoms with Crippen LogP contribution in [0, 0.1) is 11.7 Å². The maximum Gasteiger partial charge on any atom is 0.126 e. The van der Waals surface area contributed by atoms with E-state index < -0.39 is 0 Å². The van der Waals surface area contributed by atoms with Gasteiger partial charge in [0.15, 0.2) is 0 Å². The van der Waals surface area contributed by atoms with E-state index in [0.717, 1.165) is 12.0 Å². The molecule has 1 aromatic rings. The van der Waals surface area contributed by atoms with Gasteiger partial charge in [0, 0.05) is 6.61 Å². The summed E-state index contributed by atoms with van der Waals surface area (Å²) in [5, 5.41) is 8.81. The molecule has 1 N–H and O–H groups in total. The van der Waals surface area contributed by atoms with Crippen LogP contribution in [-0.4, -0.2) is 11.7 Å². The van der Waals surface area contributed by atoms with Crippen LogP contribution < -0.4 is 0 Å². The Kier molecular flexibility index (Phi) is 1.85. The lowest BCUT2D eigenvalue weighted by Crippen LogP contribution is -1.91. The number of halogens is 1. The van der Waals surface area contributed by atoms with Crippen molar-refractivity contribution >= 4 is 0 Å². The van der Waals surface area contributed by atoms with Crippen molar-refractivity contribution in [2.45, 2.75) is 12.3 Å². The Bertz CT molecular complexity index is 285. The zero-order valence-electron chi connectivity index (χ0n) is 6.70. The van der Waals surface area contributed by atoms with E-state index in [0.29, 0.717) is 5.92 Å². The molecule has 0 saturated heterocycles. The van der Waals surface area contributed by atoms with Crippen LogP contribution in [0.5, 0.6) is 0 Å². The van der Waals surface area contributed by atoms with Gasteiger partial charge in [0.2, 0.25) is 0 Å². The van der Waals surface area contributed by atoms with Crippen LogP contribution in [-0.2, 0) is 0 Å². The normalized spacial score (nSPS) is 27.2. The van der Waals surface area contributed by atoms with Gasteiger partial charge in [-0.1, -0.05) is 18.2 Å².